The number of imidazole rings is 1. The third-order valence-electron chi connectivity index (χ3n) is 5.03. The third-order valence-corrected chi connectivity index (χ3v) is 5.59. The quantitative estimate of drug-likeness (QED) is 0.437. The first-order chi connectivity index (χ1) is 15.1. The molecule has 1 N–H and O–H groups in total. The van der Waals surface area contributed by atoms with Gasteiger partial charge in [0.15, 0.2) is 0 Å². The highest BCUT2D eigenvalue weighted by atomic mass is 35.5. The Kier molecular flexibility index (Phi) is 7.07. The lowest BCUT2D eigenvalue weighted by molar-refractivity contribution is -0.116. The predicted molar refractivity (Wildman–Crippen MR) is 123 cm³/mol. The zero-order valence-corrected chi connectivity index (χ0v) is 18.4. The Hall–Kier alpha value is -2.60. The fraction of sp³-hybridized carbons (Fsp3) is 0.250. The summed E-state index contributed by atoms with van der Waals surface area (Å²) in [6.45, 7) is 1.00. The van der Waals surface area contributed by atoms with Gasteiger partial charge >= 0.3 is 0 Å². The van der Waals surface area contributed by atoms with Crippen molar-refractivity contribution in [1.82, 2.24) is 14.9 Å². The van der Waals surface area contributed by atoms with E-state index in [0.717, 1.165) is 29.5 Å². The average Bonchev–Trinajstić information content (AvgIpc) is 3.42. The molecule has 1 fully saturated rings. The van der Waals surface area contributed by atoms with Crippen molar-refractivity contribution in [2.75, 3.05) is 0 Å². The lowest BCUT2D eigenvalue weighted by Gasteiger charge is -2.20. The van der Waals surface area contributed by atoms with Crippen LogP contribution in [0.3, 0.4) is 0 Å². The summed E-state index contributed by atoms with van der Waals surface area (Å²) in [5.41, 5.74) is 2.87. The van der Waals surface area contributed by atoms with Crippen molar-refractivity contribution in [2.45, 2.75) is 38.1 Å². The number of ether oxygens (including phenoxy) is 1. The smallest absolute Gasteiger partial charge is 0.244 e. The number of rotatable bonds is 9. The molecule has 0 saturated heterocycles. The van der Waals surface area contributed by atoms with Crippen LogP contribution in [-0.2, 0) is 22.7 Å². The minimum absolute atomic E-state index is 0.0444. The molecule has 160 valence electrons. The van der Waals surface area contributed by atoms with Gasteiger partial charge in [0, 0.05) is 40.1 Å². The van der Waals surface area contributed by atoms with E-state index in [1.807, 2.05) is 53.2 Å². The van der Waals surface area contributed by atoms with Gasteiger partial charge in [-0.05, 0) is 42.2 Å². The molecule has 4 rings (SSSR count). The van der Waals surface area contributed by atoms with E-state index in [0.29, 0.717) is 29.2 Å². The maximum Gasteiger partial charge on any atom is 0.244 e. The molecule has 1 saturated carbocycles. The van der Waals surface area contributed by atoms with Gasteiger partial charge in [-0.3, -0.25) is 4.79 Å². The number of nitrogens with one attached hydrogen (secondary N) is 1. The van der Waals surface area contributed by atoms with Crippen molar-refractivity contribution >= 4 is 35.2 Å². The summed E-state index contributed by atoms with van der Waals surface area (Å²) in [5.74, 6) is -0.0444. The molecule has 5 nitrogen and oxygen atoms in total. The van der Waals surface area contributed by atoms with E-state index in [4.69, 9.17) is 27.9 Å². The first kappa shape index (κ1) is 21.6. The monoisotopic (exact) mass is 455 g/mol. The van der Waals surface area contributed by atoms with Crippen molar-refractivity contribution in [1.29, 1.82) is 0 Å². The molecule has 0 bridgehead atoms. The lowest BCUT2D eigenvalue weighted by atomic mass is 10.1. The first-order valence-electron chi connectivity index (χ1n) is 10.2. The van der Waals surface area contributed by atoms with Crippen LogP contribution in [0.4, 0.5) is 0 Å². The molecule has 1 heterocycles. The van der Waals surface area contributed by atoms with Crippen LogP contribution in [0.15, 0.2) is 67.3 Å². The van der Waals surface area contributed by atoms with Crippen LogP contribution in [0.5, 0.6) is 0 Å². The molecular formula is C24H23Cl2N3O2. The number of amides is 1. The Morgan fingerprint density at radius 2 is 2.03 bits per heavy atom. The highest BCUT2D eigenvalue weighted by molar-refractivity contribution is 6.35. The zero-order chi connectivity index (χ0) is 21.6. The van der Waals surface area contributed by atoms with E-state index >= 15 is 0 Å². The Labute approximate surface area is 191 Å². The van der Waals surface area contributed by atoms with Crippen LogP contribution >= 0.6 is 23.2 Å². The van der Waals surface area contributed by atoms with Crippen LogP contribution in [0.25, 0.3) is 6.08 Å². The lowest BCUT2D eigenvalue weighted by Crippen LogP contribution is -2.22. The number of hydrogen-bond acceptors (Lipinski definition) is 3. The van der Waals surface area contributed by atoms with Crippen molar-refractivity contribution in [3.8, 4) is 0 Å². The average molecular weight is 456 g/mol. The van der Waals surface area contributed by atoms with E-state index < -0.39 is 0 Å². The zero-order valence-electron chi connectivity index (χ0n) is 16.9. The van der Waals surface area contributed by atoms with E-state index in [1.54, 1.807) is 24.7 Å². The van der Waals surface area contributed by atoms with E-state index in [2.05, 4.69) is 10.3 Å². The van der Waals surface area contributed by atoms with Crippen LogP contribution in [-0.4, -0.2) is 21.5 Å². The van der Waals surface area contributed by atoms with E-state index in [1.165, 1.54) is 0 Å². The maximum atomic E-state index is 11.8. The number of halogens is 2. The van der Waals surface area contributed by atoms with Gasteiger partial charge in [-0.1, -0.05) is 53.5 Å². The summed E-state index contributed by atoms with van der Waals surface area (Å²) in [5, 5.41) is 4.10. The highest BCUT2D eigenvalue weighted by Crippen LogP contribution is 2.30. The number of benzene rings is 2. The summed E-state index contributed by atoms with van der Waals surface area (Å²) in [4.78, 5) is 15.9. The first-order valence-corrected chi connectivity index (χ1v) is 10.9. The molecule has 1 aliphatic carbocycles. The molecule has 2 aromatic carbocycles. The molecule has 1 amide bonds. The van der Waals surface area contributed by atoms with Gasteiger partial charge < -0.3 is 14.6 Å². The van der Waals surface area contributed by atoms with E-state index in [9.17, 15) is 4.79 Å². The maximum absolute atomic E-state index is 11.8. The number of nitrogens with zero attached hydrogens (tertiary/aromatic N) is 2. The summed E-state index contributed by atoms with van der Waals surface area (Å²) < 4.78 is 8.19. The molecule has 1 unspecified atom stereocenters. The van der Waals surface area contributed by atoms with Gasteiger partial charge in [-0.25, -0.2) is 4.98 Å². The number of hydrogen-bond donors (Lipinski definition) is 1. The molecule has 0 aliphatic heterocycles. The summed E-state index contributed by atoms with van der Waals surface area (Å²) in [7, 11) is 0. The second-order valence-corrected chi connectivity index (χ2v) is 8.43. The standard InChI is InChI=1S/C24H23Cl2N3O2/c25-19-6-9-21(22(26)13-19)23(14-29-12-11-27-16-29)31-15-18-3-1-17(2-4-18)5-10-24(30)28-20-7-8-20/h1-6,9-13,16,20,23H,7-8,14-15H2,(H,28,30)/b10-5+. The van der Waals surface area contributed by atoms with Crippen molar-refractivity contribution in [3.63, 3.8) is 0 Å². The fourth-order valence-corrected chi connectivity index (χ4v) is 3.69. The van der Waals surface area contributed by atoms with Crippen LogP contribution < -0.4 is 5.32 Å². The van der Waals surface area contributed by atoms with Gasteiger partial charge in [0.1, 0.15) is 6.10 Å². The SMILES string of the molecule is O=C(/C=C/c1ccc(COC(Cn2ccnc2)c2ccc(Cl)cc2Cl)cc1)NC1CC1. The molecule has 1 atom stereocenters. The minimum atomic E-state index is -0.260. The van der Waals surface area contributed by atoms with Crippen molar-refractivity contribution in [3.05, 3.63) is 94.0 Å². The Bertz CT molecular complexity index is 1050. The van der Waals surface area contributed by atoms with Gasteiger partial charge in [-0.2, -0.15) is 0 Å². The molecular weight excluding hydrogens is 433 g/mol. The van der Waals surface area contributed by atoms with Crippen LogP contribution in [0, 0.1) is 0 Å². The van der Waals surface area contributed by atoms with Crippen molar-refractivity contribution in [2.24, 2.45) is 0 Å². The number of carbonyl (C=O) groups is 1. The molecule has 1 aromatic heterocycles. The largest absolute Gasteiger partial charge is 0.367 e. The minimum Gasteiger partial charge on any atom is -0.367 e. The number of aromatic nitrogens is 2. The normalized spacial score (nSPS) is 14.6. The summed E-state index contributed by atoms with van der Waals surface area (Å²) >= 11 is 12.5. The predicted octanol–water partition coefficient (Wildman–Crippen LogP) is 5.44. The highest BCUT2D eigenvalue weighted by Gasteiger charge is 2.22. The molecule has 31 heavy (non-hydrogen) atoms. The van der Waals surface area contributed by atoms with Gasteiger partial charge in [0.2, 0.25) is 5.91 Å². The fourth-order valence-electron chi connectivity index (χ4n) is 3.16. The van der Waals surface area contributed by atoms with Gasteiger partial charge in [0.25, 0.3) is 0 Å². The van der Waals surface area contributed by atoms with E-state index in [-0.39, 0.29) is 12.0 Å². The van der Waals surface area contributed by atoms with Gasteiger partial charge in [0.05, 0.1) is 19.5 Å². The summed E-state index contributed by atoms with van der Waals surface area (Å²) in [6, 6.07) is 13.7. The second-order valence-electron chi connectivity index (χ2n) is 7.58. The third kappa shape index (κ3) is 6.44. The molecule has 1 aliphatic rings. The molecule has 0 radical (unpaired) electrons. The van der Waals surface area contributed by atoms with Crippen LogP contribution in [0.2, 0.25) is 10.0 Å². The molecule has 7 heteroatoms. The van der Waals surface area contributed by atoms with Gasteiger partial charge in [-0.15, -0.1) is 0 Å². The Morgan fingerprint density at radius 1 is 1.23 bits per heavy atom. The topological polar surface area (TPSA) is 56.2 Å². The van der Waals surface area contributed by atoms with Crippen LogP contribution in [0.1, 0.15) is 35.6 Å². The Balaban J connectivity index is 1.40. The Morgan fingerprint density at radius 3 is 2.71 bits per heavy atom. The summed E-state index contributed by atoms with van der Waals surface area (Å²) in [6.07, 6.45) is 10.7. The molecule has 3 aromatic rings. The second kappa shape index (κ2) is 10.1. The van der Waals surface area contributed by atoms with Crippen molar-refractivity contribution < 1.29 is 9.53 Å². The number of carbonyl (C=O) groups excluding carboxylic acids is 1. The molecule has 0 spiro atoms.